The first-order chi connectivity index (χ1) is 7.31. The summed E-state index contributed by atoms with van der Waals surface area (Å²) < 4.78 is 2.05. The van der Waals surface area contributed by atoms with Crippen LogP contribution in [0.5, 0.6) is 0 Å². The van der Waals surface area contributed by atoms with E-state index in [0.717, 1.165) is 24.5 Å². The van der Waals surface area contributed by atoms with E-state index in [1.807, 2.05) is 6.20 Å². The summed E-state index contributed by atoms with van der Waals surface area (Å²) in [6.45, 7) is 3.05. The lowest BCUT2D eigenvalue weighted by molar-refractivity contribution is 0.684. The van der Waals surface area contributed by atoms with Gasteiger partial charge in [0.25, 0.3) is 0 Å². The van der Waals surface area contributed by atoms with Gasteiger partial charge in [-0.2, -0.15) is 0 Å². The van der Waals surface area contributed by atoms with Gasteiger partial charge in [0.2, 0.25) is 0 Å². The van der Waals surface area contributed by atoms with Crippen molar-refractivity contribution in [1.82, 2.24) is 19.5 Å². The van der Waals surface area contributed by atoms with Crippen molar-refractivity contribution in [3.05, 3.63) is 29.9 Å². The highest BCUT2D eigenvalue weighted by Gasteiger charge is 2.07. The number of rotatable bonds is 3. The van der Waals surface area contributed by atoms with E-state index in [9.17, 15) is 0 Å². The van der Waals surface area contributed by atoms with Crippen molar-refractivity contribution in [3.63, 3.8) is 0 Å². The number of aromatic nitrogens is 4. The minimum Gasteiger partial charge on any atom is -0.330 e. The molecule has 0 atom stereocenters. The van der Waals surface area contributed by atoms with Gasteiger partial charge < -0.3 is 4.57 Å². The van der Waals surface area contributed by atoms with E-state index in [-0.39, 0.29) is 0 Å². The molecule has 0 aliphatic heterocycles. The van der Waals surface area contributed by atoms with Crippen molar-refractivity contribution in [2.24, 2.45) is 0 Å². The van der Waals surface area contributed by atoms with E-state index in [1.165, 1.54) is 6.33 Å². The van der Waals surface area contributed by atoms with Gasteiger partial charge in [-0.3, -0.25) is 0 Å². The van der Waals surface area contributed by atoms with Gasteiger partial charge in [-0.15, -0.1) is 0 Å². The van der Waals surface area contributed by atoms with Crippen LogP contribution in [0.25, 0.3) is 11.5 Å². The Bertz CT molecular complexity index is 452. The van der Waals surface area contributed by atoms with Crippen molar-refractivity contribution in [2.75, 3.05) is 0 Å². The van der Waals surface area contributed by atoms with Crippen molar-refractivity contribution in [1.29, 1.82) is 0 Å². The summed E-state index contributed by atoms with van der Waals surface area (Å²) in [5.74, 6) is 0.834. The standard InChI is InChI=1S/C10H11ClN4/c1-2-4-15-5-3-12-10(15)8-6-9(11)14-7-13-8/h3,5-7H,2,4H2,1H3. The maximum Gasteiger partial charge on any atom is 0.158 e. The zero-order valence-electron chi connectivity index (χ0n) is 8.39. The summed E-state index contributed by atoms with van der Waals surface area (Å²) in [6.07, 6.45) is 6.21. The topological polar surface area (TPSA) is 43.6 Å². The average molecular weight is 223 g/mol. The molecule has 0 amide bonds. The molecule has 0 spiro atoms. The number of hydrogen-bond acceptors (Lipinski definition) is 3. The second-order valence-corrected chi connectivity index (χ2v) is 3.56. The molecule has 0 unspecified atom stereocenters. The molecule has 78 valence electrons. The van der Waals surface area contributed by atoms with Gasteiger partial charge in [-0.1, -0.05) is 18.5 Å². The van der Waals surface area contributed by atoms with Crippen LogP contribution in [0.1, 0.15) is 13.3 Å². The largest absolute Gasteiger partial charge is 0.330 e. The molecule has 2 rings (SSSR count). The van der Waals surface area contributed by atoms with Crippen LogP contribution in [0.4, 0.5) is 0 Å². The Kier molecular flexibility index (Phi) is 2.97. The van der Waals surface area contributed by atoms with Crippen molar-refractivity contribution in [2.45, 2.75) is 19.9 Å². The van der Waals surface area contributed by atoms with Gasteiger partial charge in [-0.25, -0.2) is 15.0 Å². The third-order valence-electron chi connectivity index (χ3n) is 2.04. The van der Waals surface area contributed by atoms with Crippen LogP contribution in [0.15, 0.2) is 24.8 Å². The van der Waals surface area contributed by atoms with E-state index in [0.29, 0.717) is 5.15 Å². The average Bonchev–Trinajstić information content (AvgIpc) is 2.66. The molecule has 2 aromatic rings. The quantitative estimate of drug-likeness (QED) is 0.749. The van der Waals surface area contributed by atoms with Crippen LogP contribution < -0.4 is 0 Å². The van der Waals surface area contributed by atoms with Gasteiger partial charge >= 0.3 is 0 Å². The molecule has 0 bridgehead atoms. The zero-order chi connectivity index (χ0) is 10.7. The Balaban J connectivity index is 2.40. The van der Waals surface area contributed by atoms with Crippen LogP contribution in [-0.2, 0) is 6.54 Å². The fraction of sp³-hybridized carbons (Fsp3) is 0.300. The van der Waals surface area contributed by atoms with Gasteiger partial charge in [0, 0.05) is 25.0 Å². The van der Waals surface area contributed by atoms with Crippen LogP contribution in [0, 0.1) is 0 Å². The highest BCUT2D eigenvalue weighted by molar-refractivity contribution is 6.29. The normalized spacial score (nSPS) is 10.5. The lowest BCUT2D eigenvalue weighted by Crippen LogP contribution is -1.99. The van der Waals surface area contributed by atoms with E-state index in [4.69, 9.17) is 11.6 Å². The van der Waals surface area contributed by atoms with Crippen LogP contribution in [-0.4, -0.2) is 19.5 Å². The summed E-state index contributed by atoms with van der Waals surface area (Å²) in [5.41, 5.74) is 0.758. The summed E-state index contributed by atoms with van der Waals surface area (Å²) >= 11 is 5.80. The predicted molar refractivity (Wildman–Crippen MR) is 58.6 cm³/mol. The van der Waals surface area contributed by atoms with E-state index >= 15 is 0 Å². The number of imidazole rings is 1. The molecule has 0 saturated heterocycles. The molecule has 0 saturated carbocycles. The molecular weight excluding hydrogens is 212 g/mol. The number of aryl methyl sites for hydroxylation is 1. The fourth-order valence-electron chi connectivity index (χ4n) is 1.42. The molecule has 4 nitrogen and oxygen atoms in total. The summed E-state index contributed by atoms with van der Waals surface area (Å²) in [6, 6.07) is 1.72. The first kappa shape index (κ1) is 10.1. The van der Waals surface area contributed by atoms with Gasteiger partial charge in [0.1, 0.15) is 17.2 Å². The third kappa shape index (κ3) is 2.15. The minimum atomic E-state index is 0.436. The lowest BCUT2D eigenvalue weighted by atomic mass is 10.3. The second-order valence-electron chi connectivity index (χ2n) is 3.17. The Morgan fingerprint density at radius 3 is 2.93 bits per heavy atom. The van der Waals surface area contributed by atoms with Crippen LogP contribution >= 0.6 is 11.6 Å². The molecule has 5 heteroatoms. The zero-order valence-corrected chi connectivity index (χ0v) is 9.15. The number of nitrogens with zero attached hydrogens (tertiary/aromatic N) is 4. The molecule has 15 heavy (non-hydrogen) atoms. The third-order valence-corrected chi connectivity index (χ3v) is 2.25. The smallest absolute Gasteiger partial charge is 0.158 e. The van der Waals surface area contributed by atoms with E-state index in [2.05, 4.69) is 26.4 Å². The molecular formula is C10H11ClN4. The highest BCUT2D eigenvalue weighted by Crippen LogP contribution is 2.17. The van der Waals surface area contributed by atoms with Crippen LogP contribution in [0.3, 0.4) is 0 Å². The van der Waals surface area contributed by atoms with E-state index < -0.39 is 0 Å². The summed E-state index contributed by atoms with van der Waals surface area (Å²) in [4.78, 5) is 12.2. The molecule has 0 radical (unpaired) electrons. The Morgan fingerprint density at radius 1 is 1.33 bits per heavy atom. The van der Waals surface area contributed by atoms with Gasteiger partial charge in [0.15, 0.2) is 5.82 Å². The maximum atomic E-state index is 5.80. The summed E-state index contributed by atoms with van der Waals surface area (Å²) in [5, 5.41) is 0.436. The van der Waals surface area contributed by atoms with E-state index in [1.54, 1.807) is 12.3 Å². The molecule has 0 N–H and O–H groups in total. The Hall–Kier alpha value is -1.42. The Morgan fingerprint density at radius 2 is 2.20 bits per heavy atom. The van der Waals surface area contributed by atoms with Gasteiger partial charge in [-0.05, 0) is 6.42 Å². The second kappa shape index (κ2) is 4.40. The maximum absolute atomic E-state index is 5.80. The monoisotopic (exact) mass is 222 g/mol. The highest BCUT2D eigenvalue weighted by atomic mass is 35.5. The van der Waals surface area contributed by atoms with Crippen molar-refractivity contribution >= 4 is 11.6 Å². The first-order valence-corrected chi connectivity index (χ1v) is 5.18. The fourth-order valence-corrected chi connectivity index (χ4v) is 1.57. The summed E-state index contributed by atoms with van der Waals surface area (Å²) in [7, 11) is 0. The number of halogens is 1. The van der Waals surface area contributed by atoms with Gasteiger partial charge in [0.05, 0.1) is 0 Å². The molecule has 0 aliphatic carbocycles. The predicted octanol–water partition coefficient (Wildman–Crippen LogP) is 2.40. The van der Waals surface area contributed by atoms with Crippen molar-refractivity contribution in [3.8, 4) is 11.5 Å². The first-order valence-electron chi connectivity index (χ1n) is 4.80. The van der Waals surface area contributed by atoms with Crippen molar-refractivity contribution < 1.29 is 0 Å². The van der Waals surface area contributed by atoms with Crippen LogP contribution in [0.2, 0.25) is 5.15 Å². The SMILES string of the molecule is CCCn1ccnc1-c1cc(Cl)ncn1. The number of hydrogen-bond donors (Lipinski definition) is 0. The lowest BCUT2D eigenvalue weighted by Gasteiger charge is -2.04. The minimum absolute atomic E-state index is 0.436. The molecule has 2 heterocycles. The molecule has 0 aliphatic rings. The molecule has 0 aromatic carbocycles. The molecule has 0 fully saturated rings. The molecule has 2 aromatic heterocycles. The Labute approximate surface area is 93.0 Å².